The standard InChI is InChI=1S/C12H19NO5S/c1-8(2)19(14,15)13-9-6-10(16-3)12(18-5)11(7-9)17-4/h6-8,13H,1-5H3. The Hall–Kier alpha value is -1.63. The number of ether oxygens (including phenoxy) is 3. The van der Waals surface area contributed by atoms with Gasteiger partial charge in [-0.25, -0.2) is 8.42 Å². The third kappa shape index (κ3) is 3.44. The Morgan fingerprint density at radius 3 is 1.79 bits per heavy atom. The minimum absolute atomic E-state index is 0.364. The number of rotatable bonds is 6. The summed E-state index contributed by atoms with van der Waals surface area (Å²) in [4.78, 5) is 0. The van der Waals surface area contributed by atoms with Gasteiger partial charge in [-0.1, -0.05) is 0 Å². The lowest BCUT2D eigenvalue weighted by Gasteiger charge is -2.16. The lowest BCUT2D eigenvalue weighted by molar-refractivity contribution is 0.324. The lowest BCUT2D eigenvalue weighted by atomic mass is 10.2. The van der Waals surface area contributed by atoms with Crippen LogP contribution in [0.1, 0.15) is 13.8 Å². The van der Waals surface area contributed by atoms with Gasteiger partial charge in [0.1, 0.15) is 0 Å². The van der Waals surface area contributed by atoms with Gasteiger partial charge in [0.2, 0.25) is 15.8 Å². The molecule has 0 saturated carbocycles. The van der Waals surface area contributed by atoms with Gasteiger partial charge in [0, 0.05) is 12.1 Å². The van der Waals surface area contributed by atoms with Crippen molar-refractivity contribution in [3.05, 3.63) is 12.1 Å². The van der Waals surface area contributed by atoms with E-state index in [0.717, 1.165) is 0 Å². The Bertz CT molecular complexity index is 514. The maximum absolute atomic E-state index is 11.8. The fourth-order valence-electron chi connectivity index (χ4n) is 1.42. The molecule has 0 spiro atoms. The van der Waals surface area contributed by atoms with Gasteiger partial charge in [-0.3, -0.25) is 4.72 Å². The second-order valence-electron chi connectivity index (χ2n) is 4.11. The molecule has 0 bridgehead atoms. The number of hydrogen-bond acceptors (Lipinski definition) is 5. The van der Waals surface area contributed by atoms with Crippen LogP contribution >= 0.6 is 0 Å². The predicted octanol–water partition coefficient (Wildman–Crippen LogP) is 1.86. The van der Waals surface area contributed by atoms with E-state index in [1.807, 2.05) is 0 Å². The van der Waals surface area contributed by atoms with E-state index in [0.29, 0.717) is 22.9 Å². The summed E-state index contributed by atoms with van der Waals surface area (Å²) >= 11 is 0. The summed E-state index contributed by atoms with van der Waals surface area (Å²) in [5.74, 6) is 1.20. The van der Waals surface area contributed by atoms with Crippen LogP contribution in [0.25, 0.3) is 0 Å². The Kier molecular flexibility index (Phi) is 4.88. The van der Waals surface area contributed by atoms with Gasteiger partial charge in [0.25, 0.3) is 0 Å². The van der Waals surface area contributed by atoms with Gasteiger partial charge in [0.05, 0.1) is 32.3 Å². The number of benzene rings is 1. The van der Waals surface area contributed by atoms with Crippen molar-refractivity contribution >= 4 is 15.7 Å². The zero-order chi connectivity index (χ0) is 14.6. The van der Waals surface area contributed by atoms with Crippen molar-refractivity contribution in [3.8, 4) is 17.2 Å². The number of hydrogen-bond donors (Lipinski definition) is 1. The highest BCUT2D eigenvalue weighted by Gasteiger charge is 2.19. The molecule has 0 aliphatic carbocycles. The van der Waals surface area contributed by atoms with E-state index >= 15 is 0 Å². The Labute approximate surface area is 113 Å². The summed E-state index contributed by atoms with van der Waals surface area (Å²) in [6.07, 6.45) is 0. The molecule has 0 saturated heterocycles. The van der Waals surface area contributed by atoms with Crippen LogP contribution in [0, 0.1) is 0 Å². The van der Waals surface area contributed by atoms with Gasteiger partial charge in [0.15, 0.2) is 11.5 Å². The van der Waals surface area contributed by atoms with Crippen LogP contribution < -0.4 is 18.9 Å². The summed E-state index contributed by atoms with van der Waals surface area (Å²) in [6, 6.07) is 3.09. The van der Waals surface area contributed by atoms with Crippen molar-refractivity contribution in [2.24, 2.45) is 0 Å². The molecule has 19 heavy (non-hydrogen) atoms. The van der Waals surface area contributed by atoms with Crippen LogP contribution in [0.2, 0.25) is 0 Å². The second-order valence-corrected chi connectivity index (χ2v) is 6.35. The maximum Gasteiger partial charge on any atom is 0.235 e. The topological polar surface area (TPSA) is 73.9 Å². The zero-order valence-corrected chi connectivity index (χ0v) is 12.5. The summed E-state index contributed by atoms with van der Waals surface area (Å²) < 4.78 is 41.6. The molecular formula is C12H19NO5S. The van der Waals surface area contributed by atoms with E-state index in [-0.39, 0.29) is 0 Å². The highest BCUT2D eigenvalue weighted by molar-refractivity contribution is 7.93. The third-order valence-electron chi connectivity index (χ3n) is 2.55. The minimum Gasteiger partial charge on any atom is -0.493 e. The quantitative estimate of drug-likeness (QED) is 0.865. The number of sulfonamides is 1. The molecule has 0 heterocycles. The lowest BCUT2D eigenvalue weighted by Crippen LogP contribution is -2.22. The molecular weight excluding hydrogens is 270 g/mol. The monoisotopic (exact) mass is 289 g/mol. The van der Waals surface area contributed by atoms with Crippen LogP contribution in [0.5, 0.6) is 17.2 Å². The van der Waals surface area contributed by atoms with E-state index < -0.39 is 15.3 Å². The van der Waals surface area contributed by atoms with Gasteiger partial charge in [-0.15, -0.1) is 0 Å². The molecule has 1 aromatic rings. The van der Waals surface area contributed by atoms with Crippen LogP contribution in [0.4, 0.5) is 5.69 Å². The first-order valence-corrected chi connectivity index (χ1v) is 7.22. The highest BCUT2D eigenvalue weighted by atomic mass is 32.2. The largest absolute Gasteiger partial charge is 0.493 e. The molecule has 0 atom stereocenters. The Morgan fingerprint density at radius 1 is 1.00 bits per heavy atom. The molecule has 7 heteroatoms. The van der Waals surface area contributed by atoms with E-state index in [1.165, 1.54) is 21.3 Å². The molecule has 108 valence electrons. The minimum atomic E-state index is -3.42. The molecule has 6 nitrogen and oxygen atoms in total. The number of anilines is 1. The van der Waals surface area contributed by atoms with Gasteiger partial charge in [-0.05, 0) is 13.8 Å². The Balaban J connectivity index is 3.24. The molecule has 1 N–H and O–H groups in total. The van der Waals surface area contributed by atoms with Crippen molar-refractivity contribution in [2.75, 3.05) is 26.1 Å². The predicted molar refractivity (Wildman–Crippen MR) is 73.8 cm³/mol. The van der Waals surface area contributed by atoms with E-state index in [9.17, 15) is 8.42 Å². The third-order valence-corrected chi connectivity index (χ3v) is 4.31. The average molecular weight is 289 g/mol. The zero-order valence-electron chi connectivity index (χ0n) is 11.7. The van der Waals surface area contributed by atoms with E-state index in [4.69, 9.17) is 14.2 Å². The molecule has 1 aromatic carbocycles. The molecule has 0 aliphatic heterocycles. The molecule has 0 aliphatic rings. The molecule has 0 radical (unpaired) electrons. The fraction of sp³-hybridized carbons (Fsp3) is 0.500. The van der Waals surface area contributed by atoms with Crippen LogP contribution in [-0.2, 0) is 10.0 Å². The molecule has 0 fully saturated rings. The second kappa shape index (κ2) is 6.01. The summed E-state index contributed by atoms with van der Waals surface area (Å²) in [6.45, 7) is 3.20. The van der Waals surface area contributed by atoms with Gasteiger partial charge >= 0.3 is 0 Å². The molecule has 0 unspecified atom stereocenters. The van der Waals surface area contributed by atoms with Crippen LogP contribution in [0.3, 0.4) is 0 Å². The number of methoxy groups -OCH3 is 3. The van der Waals surface area contributed by atoms with Gasteiger partial charge in [-0.2, -0.15) is 0 Å². The van der Waals surface area contributed by atoms with Gasteiger partial charge < -0.3 is 14.2 Å². The SMILES string of the molecule is COc1cc(NS(=O)(=O)C(C)C)cc(OC)c1OC. The summed E-state index contributed by atoms with van der Waals surface area (Å²) in [5, 5.41) is -0.536. The molecule has 1 rings (SSSR count). The first kappa shape index (κ1) is 15.4. The maximum atomic E-state index is 11.8. The van der Waals surface area contributed by atoms with Crippen molar-refractivity contribution in [3.63, 3.8) is 0 Å². The first-order chi connectivity index (χ1) is 8.85. The van der Waals surface area contributed by atoms with Crippen LogP contribution in [0.15, 0.2) is 12.1 Å². The fourth-order valence-corrected chi connectivity index (χ4v) is 2.10. The van der Waals surface area contributed by atoms with Crippen molar-refractivity contribution < 1.29 is 22.6 Å². The number of nitrogens with one attached hydrogen (secondary N) is 1. The van der Waals surface area contributed by atoms with Crippen molar-refractivity contribution in [1.82, 2.24) is 0 Å². The van der Waals surface area contributed by atoms with E-state index in [2.05, 4.69) is 4.72 Å². The summed E-state index contributed by atoms with van der Waals surface area (Å²) in [5.41, 5.74) is 0.364. The highest BCUT2D eigenvalue weighted by Crippen LogP contribution is 2.40. The Morgan fingerprint density at radius 2 is 1.47 bits per heavy atom. The normalized spacial score (nSPS) is 11.3. The molecule has 0 amide bonds. The van der Waals surface area contributed by atoms with Crippen LogP contribution in [-0.4, -0.2) is 35.0 Å². The van der Waals surface area contributed by atoms with Crippen molar-refractivity contribution in [1.29, 1.82) is 0 Å². The summed E-state index contributed by atoms with van der Waals surface area (Å²) in [7, 11) is 1.00. The first-order valence-electron chi connectivity index (χ1n) is 5.67. The smallest absolute Gasteiger partial charge is 0.235 e. The average Bonchev–Trinajstić information content (AvgIpc) is 2.36. The molecule has 0 aromatic heterocycles. The van der Waals surface area contributed by atoms with Crippen molar-refractivity contribution in [2.45, 2.75) is 19.1 Å². The van der Waals surface area contributed by atoms with E-state index in [1.54, 1.807) is 26.0 Å².